The highest BCUT2D eigenvalue weighted by Gasteiger charge is 2.27. The fourth-order valence-electron chi connectivity index (χ4n) is 12.5. The van der Waals surface area contributed by atoms with E-state index in [1.807, 2.05) is 21.1 Å². The molecule has 0 saturated heterocycles. The predicted octanol–water partition coefficient (Wildman–Crippen LogP) is 28.4. The Hall–Kier alpha value is -2.81. The Labute approximate surface area is 609 Å². The van der Waals surface area contributed by atoms with Crippen LogP contribution >= 0.6 is 7.82 Å². The average Bonchev–Trinajstić information content (AvgIpc) is 1.08. The van der Waals surface area contributed by atoms with Gasteiger partial charge in [-0.3, -0.25) is 18.6 Å². The number of esters is 2. The zero-order valence-corrected chi connectivity index (χ0v) is 66.4. The molecule has 9 nitrogen and oxygen atoms in total. The quantitative estimate of drug-likeness (QED) is 0.0211. The summed E-state index contributed by atoms with van der Waals surface area (Å²) in [6.07, 6.45) is 109. The van der Waals surface area contributed by atoms with Gasteiger partial charge in [0, 0.05) is 12.8 Å². The van der Waals surface area contributed by atoms with E-state index in [-0.39, 0.29) is 25.6 Å². The smallest absolute Gasteiger partial charge is 0.462 e. The summed E-state index contributed by atoms with van der Waals surface area (Å²) in [4.78, 5) is 36.0. The number of nitrogens with zero attached hydrogens (tertiary/aromatic N) is 1. The molecule has 0 saturated carbocycles. The maximum absolute atomic E-state index is 12.9. The van der Waals surface area contributed by atoms with E-state index in [1.54, 1.807) is 0 Å². The van der Waals surface area contributed by atoms with Gasteiger partial charge in [0.05, 0.1) is 27.7 Å². The van der Waals surface area contributed by atoms with Crippen LogP contribution in [0.4, 0.5) is 0 Å². The molecule has 10 heteroatoms. The Morgan fingerprint density at radius 1 is 0.327 bits per heavy atom. The van der Waals surface area contributed by atoms with Crippen LogP contribution in [0.5, 0.6) is 0 Å². The van der Waals surface area contributed by atoms with Gasteiger partial charge in [-0.05, 0) is 89.9 Å². The molecule has 0 fully saturated rings. The summed E-state index contributed by atoms with van der Waals surface area (Å²) in [5.74, 6) is -0.775. The second-order valence-corrected chi connectivity index (χ2v) is 31.3. The Morgan fingerprint density at radius 2 is 0.582 bits per heavy atom. The molecule has 98 heavy (non-hydrogen) atoms. The van der Waals surface area contributed by atoms with Crippen molar-refractivity contribution in [3.63, 3.8) is 0 Å². The summed E-state index contributed by atoms with van der Waals surface area (Å²) >= 11 is 0. The molecule has 0 rings (SSSR count). The Morgan fingerprint density at radius 3 is 0.867 bits per heavy atom. The second-order valence-electron chi connectivity index (χ2n) is 29.8. The third-order valence-electron chi connectivity index (χ3n) is 18.9. The summed E-state index contributed by atoms with van der Waals surface area (Å²) < 4.78 is 34.9. The van der Waals surface area contributed by atoms with Crippen molar-refractivity contribution in [3.8, 4) is 0 Å². The molecule has 0 aliphatic carbocycles. The number of rotatable bonds is 79. The van der Waals surface area contributed by atoms with E-state index < -0.39 is 26.5 Å². The number of phosphoric acid groups is 1. The number of hydrogen-bond donors (Lipinski definition) is 1. The van der Waals surface area contributed by atoms with Crippen LogP contribution in [-0.4, -0.2) is 74.9 Å². The normalized spacial score (nSPS) is 13.4. The fraction of sp³-hybridized carbons (Fsp3) is 0.818. The van der Waals surface area contributed by atoms with Gasteiger partial charge in [0.1, 0.15) is 19.8 Å². The monoisotopic (exact) mass is 1390 g/mol. The lowest BCUT2D eigenvalue weighted by Crippen LogP contribution is -2.37. The van der Waals surface area contributed by atoms with Crippen molar-refractivity contribution in [3.05, 3.63) is 85.1 Å². The maximum atomic E-state index is 12.9. The largest absolute Gasteiger partial charge is 0.472 e. The zero-order valence-electron chi connectivity index (χ0n) is 65.5. The van der Waals surface area contributed by atoms with E-state index in [9.17, 15) is 19.0 Å². The van der Waals surface area contributed by atoms with Crippen LogP contribution in [0.25, 0.3) is 0 Å². The minimum absolute atomic E-state index is 0.0331. The standard InChI is InChI=1S/C88H162NO8P/c1-6-8-10-12-14-16-18-20-22-24-26-28-30-32-34-36-38-40-42-44-46-48-50-52-54-56-58-60-62-64-66-68-70-72-74-76-78-80-87(90)94-84-86(85-96-98(92,93)95-83-82-89(3,4)5)97-88(91)81-79-77-75-73-71-69-67-65-63-61-59-57-55-53-51-49-47-45-43-41-39-37-35-33-31-29-27-25-23-21-19-17-15-13-11-9-7-2/h9,11,15,17-18,20-21,23-24,26-27,29,33,35,86H,6-8,10,12-14,16,19,22,25,28,30-32,34,36-85H2,1-5H3/p+1/b11-9-,17-15-,20-18-,23-21-,26-24-,29-27-,35-33-. The maximum Gasteiger partial charge on any atom is 0.472 e. The first-order valence-electron chi connectivity index (χ1n) is 42.3. The Kier molecular flexibility index (Phi) is 76.1. The number of hydrogen-bond acceptors (Lipinski definition) is 7. The van der Waals surface area contributed by atoms with Crippen LogP contribution in [0.2, 0.25) is 0 Å². The molecule has 0 aromatic heterocycles. The summed E-state index contributed by atoms with van der Waals surface area (Å²) in [6.45, 7) is 4.38. The molecule has 0 aromatic rings. The van der Waals surface area contributed by atoms with Crippen molar-refractivity contribution >= 4 is 19.8 Å². The average molecular weight is 1390 g/mol. The number of phosphoric ester groups is 1. The molecule has 0 amide bonds. The highest BCUT2D eigenvalue weighted by Crippen LogP contribution is 2.43. The summed E-state index contributed by atoms with van der Waals surface area (Å²) in [5, 5.41) is 0. The number of carbonyl (C=O) groups excluding carboxylic acids is 2. The third-order valence-corrected chi connectivity index (χ3v) is 19.9. The van der Waals surface area contributed by atoms with E-state index in [1.165, 1.54) is 308 Å². The molecular weight excluding hydrogens is 1230 g/mol. The molecular formula is C88H163NO8P+. The minimum atomic E-state index is -4.40. The Balaban J connectivity index is 3.89. The SMILES string of the molecule is CC/C=C\C/C=C\C/C=C\C/C=C\C/C=C\CCCCCCCCCCCCCCCCCCCCCCCC(=O)OC(COC(=O)CCCCCCCCCCCCCCCCCCCCCCCCCCC/C=C\C/C=C\CCCCCCC)COP(=O)(O)OCC[N+](C)(C)C. The molecule has 572 valence electrons. The third kappa shape index (κ3) is 82.1. The first kappa shape index (κ1) is 95.2. The molecule has 0 radical (unpaired) electrons. The van der Waals surface area contributed by atoms with Gasteiger partial charge in [-0.2, -0.15) is 0 Å². The van der Waals surface area contributed by atoms with Crippen LogP contribution in [0, 0.1) is 0 Å². The van der Waals surface area contributed by atoms with E-state index >= 15 is 0 Å². The minimum Gasteiger partial charge on any atom is -0.462 e. The molecule has 2 unspecified atom stereocenters. The van der Waals surface area contributed by atoms with Crippen molar-refractivity contribution in [1.29, 1.82) is 0 Å². The molecule has 0 bridgehead atoms. The van der Waals surface area contributed by atoms with Crippen molar-refractivity contribution in [1.82, 2.24) is 0 Å². The molecule has 0 aliphatic heterocycles. The van der Waals surface area contributed by atoms with Crippen LogP contribution in [0.3, 0.4) is 0 Å². The van der Waals surface area contributed by atoms with Crippen LogP contribution in [0.1, 0.15) is 412 Å². The number of likely N-dealkylation sites (N-methyl/N-ethyl adjacent to an activating group) is 1. The van der Waals surface area contributed by atoms with Crippen molar-refractivity contribution in [2.75, 3.05) is 47.5 Å². The van der Waals surface area contributed by atoms with E-state index in [4.69, 9.17) is 18.5 Å². The predicted molar refractivity (Wildman–Crippen MR) is 427 cm³/mol. The topological polar surface area (TPSA) is 108 Å². The van der Waals surface area contributed by atoms with Crippen molar-refractivity contribution in [2.24, 2.45) is 0 Å². The van der Waals surface area contributed by atoms with Gasteiger partial charge in [0.15, 0.2) is 6.10 Å². The highest BCUT2D eigenvalue weighted by molar-refractivity contribution is 7.47. The highest BCUT2D eigenvalue weighted by atomic mass is 31.2. The lowest BCUT2D eigenvalue weighted by atomic mass is 10.0. The van der Waals surface area contributed by atoms with E-state index in [0.717, 1.165) is 70.6 Å². The number of quaternary nitrogens is 1. The lowest BCUT2D eigenvalue weighted by Gasteiger charge is -2.24. The van der Waals surface area contributed by atoms with Gasteiger partial charge >= 0.3 is 19.8 Å². The van der Waals surface area contributed by atoms with Gasteiger partial charge in [0.2, 0.25) is 0 Å². The van der Waals surface area contributed by atoms with Gasteiger partial charge in [0.25, 0.3) is 0 Å². The van der Waals surface area contributed by atoms with Gasteiger partial charge in [-0.1, -0.05) is 394 Å². The van der Waals surface area contributed by atoms with Gasteiger partial charge < -0.3 is 18.9 Å². The lowest BCUT2D eigenvalue weighted by molar-refractivity contribution is -0.870. The molecule has 0 aromatic carbocycles. The van der Waals surface area contributed by atoms with Crippen LogP contribution in [0.15, 0.2) is 85.1 Å². The summed E-state index contributed by atoms with van der Waals surface area (Å²) in [7, 11) is 1.50. The first-order valence-corrected chi connectivity index (χ1v) is 43.8. The fourth-order valence-corrected chi connectivity index (χ4v) is 13.2. The second kappa shape index (κ2) is 78.3. The van der Waals surface area contributed by atoms with Gasteiger partial charge in [-0.15, -0.1) is 0 Å². The number of ether oxygens (including phenoxy) is 2. The van der Waals surface area contributed by atoms with Crippen LogP contribution in [-0.2, 0) is 32.7 Å². The molecule has 0 spiro atoms. The van der Waals surface area contributed by atoms with E-state index in [0.29, 0.717) is 23.9 Å². The zero-order chi connectivity index (χ0) is 71.1. The summed E-state index contributed by atoms with van der Waals surface area (Å²) in [5.41, 5.74) is 0. The van der Waals surface area contributed by atoms with E-state index in [2.05, 4.69) is 98.9 Å². The van der Waals surface area contributed by atoms with Crippen LogP contribution < -0.4 is 0 Å². The number of carbonyl (C=O) groups is 2. The molecule has 1 N–H and O–H groups in total. The van der Waals surface area contributed by atoms with Crippen molar-refractivity contribution in [2.45, 2.75) is 418 Å². The molecule has 0 heterocycles. The number of unbranched alkanes of at least 4 members (excludes halogenated alkanes) is 51. The van der Waals surface area contributed by atoms with Gasteiger partial charge in [-0.25, -0.2) is 4.57 Å². The molecule has 0 aliphatic rings. The van der Waals surface area contributed by atoms with Crippen molar-refractivity contribution < 1.29 is 42.1 Å². The molecule has 2 atom stereocenters. The first-order chi connectivity index (χ1) is 48.0. The number of allylic oxidation sites excluding steroid dienone is 14. The Bertz CT molecular complexity index is 1930. The summed E-state index contributed by atoms with van der Waals surface area (Å²) in [6, 6.07) is 0.